The van der Waals surface area contributed by atoms with Crippen LogP contribution in [-0.2, 0) is 10.2 Å². The number of piperidine rings is 4. The van der Waals surface area contributed by atoms with Crippen molar-refractivity contribution in [2.24, 2.45) is 17.8 Å². The highest BCUT2D eigenvalue weighted by Gasteiger charge is 2.57. The van der Waals surface area contributed by atoms with Gasteiger partial charge in [-0.25, -0.2) is 9.97 Å². The van der Waals surface area contributed by atoms with E-state index in [1.54, 1.807) is 18.3 Å². The van der Waals surface area contributed by atoms with E-state index in [1.165, 1.54) is 17.4 Å². The SMILES string of the molecule is N#CCOC(c1ccc(-c2nccs2)c2oc(C3(C4CC5CN(C5)C4)CC4CN(C4)C3)nc12)C(F)(F)F. The smallest absolute Gasteiger partial charge is 0.418 e. The maximum absolute atomic E-state index is 14.1. The van der Waals surface area contributed by atoms with E-state index in [2.05, 4.69) is 14.8 Å². The van der Waals surface area contributed by atoms with Gasteiger partial charge in [0.25, 0.3) is 0 Å². The average Bonchev–Trinajstić information content (AvgIpc) is 3.54. The maximum atomic E-state index is 14.1. The van der Waals surface area contributed by atoms with Crippen molar-refractivity contribution < 1.29 is 22.3 Å². The summed E-state index contributed by atoms with van der Waals surface area (Å²) in [6.07, 6.45) is -3.28. The second-order valence-electron chi connectivity index (χ2n) is 11.1. The molecular weight excluding hydrogens is 503 g/mol. The lowest BCUT2D eigenvalue weighted by molar-refractivity contribution is -0.219. The molecule has 0 amide bonds. The maximum Gasteiger partial charge on any atom is 0.418 e. The molecule has 37 heavy (non-hydrogen) atoms. The number of hydrogen-bond acceptors (Lipinski definition) is 8. The topological polar surface area (TPSA) is 78.4 Å². The lowest BCUT2D eigenvalue weighted by Gasteiger charge is -2.59. The molecule has 0 saturated carbocycles. The van der Waals surface area contributed by atoms with Gasteiger partial charge >= 0.3 is 6.18 Å². The van der Waals surface area contributed by atoms with Crippen molar-refractivity contribution in [1.82, 2.24) is 19.8 Å². The number of thiazole rings is 1. The summed E-state index contributed by atoms with van der Waals surface area (Å²) in [5.74, 6) is 2.11. The van der Waals surface area contributed by atoms with Gasteiger partial charge in [0.05, 0.1) is 17.0 Å². The van der Waals surface area contributed by atoms with E-state index >= 15 is 0 Å². The van der Waals surface area contributed by atoms with Crippen LogP contribution in [-0.4, -0.2) is 71.8 Å². The van der Waals surface area contributed by atoms with Gasteiger partial charge in [-0.2, -0.15) is 18.4 Å². The first-order chi connectivity index (χ1) is 17.8. The number of halogens is 3. The number of oxazole rings is 1. The van der Waals surface area contributed by atoms with Crippen molar-refractivity contribution in [2.45, 2.75) is 30.5 Å². The Kier molecular flexibility index (Phi) is 5.42. The van der Waals surface area contributed by atoms with Crippen molar-refractivity contribution in [1.29, 1.82) is 5.26 Å². The van der Waals surface area contributed by atoms with Crippen LogP contribution in [0, 0.1) is 29.1 Å². The molecule has 3 atom stereocenters. The third-order valence-corrected chi connectivity index (χ3v) is 9.47. The molecule has 0 spiro atoms. The van der Waals surface area contributed by atoms with Crippen molar-refractivity contribution in [3.63, 3.8) is 0 Å². The van der Waals surface area contributed by atoms with Crippen molar-refractivity contribution >= 4 is 22.4 Å². The third-order valence-electron chi connectivity index (χ3n) is 8.66. The molecule has 11 heteroatoms. The second kappa shape index (κ2) is 8.50. The quantitative estimate of drug-likeness (QED) is 0.461. The highest BCUT2D eigenvalue weighted by atomic mass is 32.1. The second-order valence-corrected chi connectivity index (χ2v) is 12.0. The number of aromatic nitrogens is 2. The van der Waals surface area contributed by atoms with Gasteiger partial charge in [-0.15, -0.1) is 11.3 Å². The Morgan fingerprint density at radius 1 is 1.19 bits per heavy atom. The molecule has 0 radical (unpaired) electrons. The predicted molar refractivity (Wildman–Crippen MR) is 130 cm³/mol. The minimum atomic E-state index is -4.71. The minimum absolute atomic E-state index is 0.125. The van der Waals surface area contributed by atoms with E-state index in [1.807, 2.05) is 5.38 Å². The van der Waals surface area contributed by atoms with Crippen LogP contribution in [0.5, 0.6) is 0 Å². The summed E-state index contributed by atoms with van der Waals surface area (Å²) in [5, 5.41) is 11.4. The molecule has 4 bridgehead atoms. The normalized spacial score (nSPS) is 33.4. The lowest BCUT2D eigenvalue weighted by atomic mass is 9.59. The first kappa shape index (κ1) is 23.6. The zero-order valence-corrected chi connectivity index (χ0v) is 20.9. The molecule has 8 heterocycles. The number of nitrogens with zero attached hydrogens (tertiary/aromatic N) is 5. The van der Waals surface area contributed by atoms with Crippen LogP contribution in [0.4, 0.5) is 13.2 Å². The van der Waals surface area contributed by atoms with Crippen LogP contribution in [0.15, 0.2) is 28.1 Å². The monoisotopic (exact) mass is 529 g/mol. The molecular formula is C26H26F3N5O2S. The third kappa shape index (κ3) is 3.80. The number of ether oxygens (including phenoxy) is 1. The number of alkyl halides is 3. The number of fused-ring (bicyclic) bond motifs is 6. The van der Waals surface area contributed by atoms with Gasteiger partial charge in [0.15, 0.2) is 11.7 Å². The highest BCUT2D eigenvalue weighted by Crippen LogP contribution is 2.53. The van der Waals surface area contributed by atoms with Crippen LogP contribution < -0.4 is 0 Å². The number of rotatable bonds is 6. The summed E-state index contributed by atoms with van der Waals surface area (Å²) in [6.45, 7) is 5.51. The fourth-order valence-corrected chi connectivity index (χ4v) is 7.82. The fourth-order valence-electron chi connectivity index (χ4n) is 7.16. The molecule has 2 aromatic heterocycles. The van der Waals surface area contributed by atoms with E-state index in [0.717, 1.165) is 52.1 Å². The molecule has 194 valence electrons. The Bertz CT molecular complexity index is 1330. The Balaban J connectivity index is 1.40. The Morgan fingerprint density at radius 2 is 2.00 bits per heavy atom. The molecule has 3 aromatic rings. The molecule has 9 rings (SSSR count). The van der Waals surface area contributed by atoms with Gasteiger partial charge < -0.3 is 19.0 Å². The van der Waals surface area contributed by atoms with E-state index in [-0.39, 0.29) is 16.5 Å². The summed E-state index contributed by atoms with van der Waals surface area (Å²) >= 11 is 1.40. The predicted octanol–water partition coefficient (Wildman–Crippen LogP) is 4.62. The highest BCUT2D eigenvalue weighted by molar-refractivity contribution is 7.13. The van der Waals surface area contributed by atoms with E-state index in [9.17, 15) is 13.2 Å². The van der Waals surface area contributed by atoms with Crippen molar-refractivity contribution in [2.75, 3.05) is 45.9 Å². The molecule has 6 saturated heterocycles. The van der Waals surface area contributed by atoms with Gasteiger partial charge in [-0.1, -0.05) is 6.07 Å². The molecule has 6 fully saturated rings. The standard InChI is InChI=1S/C26H26F3N5O2S/c27-26(28,29)22(35-5-3-30)18-1-2-19(23-31-4-6-37-23)21-20(18)32-24(36-21)25(8-16-11-34(12-16)14-25)17-7-15-9-33(10-15)13-17/h1-2,4,6,15-17,22H,5,7-14H2. The number of benzene rings is 1. The summed E-state index contributed by atoms with van der Waals surface area (Å²) in [6, 6.07) is 4.67. The first-order valence-corrected chi connectivity index (χ1v) is 13.6. The summed E-state index contributed by atoms with van der Waals surface area (Å²) < 4.78 is 54.0. The van der Waals surface area contributed by atoms with Gasteiger partial charge in [-0.05, 0) is 36.7 Å². The van der Waals surface area contributed by atoms with Crippen LogP contribution in [0.2, 0.25) is 0 Å². The van der Waals surface area contributed by atoms with Crippen LogP contribution in [0.1, 0.15) is 30.4 Å². The lowest BCUT2D eigenvalue weighted by Crippen LogP contribution is -2.67. The molecule has 6 aliphatic rings. The molecule has 3 unspecified atom stereocenters. The molecule has 0 N–H and O–H groups in total. The zero-order valence-electron chi connectivity index (χ0n) is 20.1. The molecule has 1 aromatic carbocycles. The summed E-state index contributed by atoms with van der Waals surface area (Å²) in [5.41, 5.74) is 0.626. The zero-order chi connectivity index (χ0) is 25.4. The largest absolute Gasteiger partial charge is 0.439 e. The van der Waals surface area contributed by atoms with Gasteiger partial charge in [0.1, 0.15) is 17.1 Å². The van der Waals surface area contributed by atoms with E-state index < -0.39 is 18.9 Å². The molecule has 6 aliphatic heterocycles. The van der Waals surface area contributed by atoms with Crippen molar-refractivity contribution in [3.05, 3.63) is 35.2 Å². The fraction of sp³-hybridized carbons (Fsp3) is 0.577. The van der Waals surface area contributed by atoms with Gasteiger partial charge in [0, 0.05) is 56.4 Å². The number of hydrogen-bond donors (Lipinski definition) is 0. The van der Waals surface area contributed by atoms with E-state index in [4.69, 9.17) is 19.4 Å². The first-order valence-electron chi connectivity index (χ1n) is 12.7. The van der Waals surface area contributed by atoms with Gasteiger partial charge in [0.2, 0.25) is 5.89 Å². The average molecular weight is 530 g/mol. The summed E-state index contributed by atoms with van der Waals surface area (Å²) in [4.78, 5) is 14.2. The molecule has 7 nitrogen and oxygen atoms in total. The van der Waals surface area contributed by atoms with Crippen molar-refractivity contribution in [3.8, 4) is 16.6 Å². The summed E-state index contributed by atoms with van der Waals surface area (Å²) in [7, 11) is 0. The van der Waals surface area contributed by atoms with Gasteiger partial charge in [-0.3, -0.25) is 0 Å². The Labute approximate surface area is 215 Å². The Morgan fingerprint density at radius 3 is 2.62 bits per heavy atom. The van der Waals surface area contributed by atoms with Crippen LogP contribution >= 0.6 is 11.3 Å². The Hall–Kier alpha value is -2.52. The minimum Gasteiger partial charge on any atom is -0.439 e. The van der Waals surface area contributed by atoms with Crippen LogP contribution in [0.3, 0.4) is 0 Å². The molecule has 0 aliphatic carbocycles. The van der Waals surface area contributed by atoms with E-state index in [0.29, 0.717) is 39.8 Å². The number of nitriles is 1. The van der Waals surface area contributed by atoms with Crippen LogP contribution in [0.25, 0.3) is 21.7 Å².